The number of hydrogen-bond acceptors (Lipinski definition) is 7. The van der Waals surface area contributed by atoms with Crippen molar-refractivity contribution >= 4 is 7.32 Å². The van der Waals surface area contributed by atoms with Crippen molar-refractivity contribution in [1.82, 2.24) is 0 Å². The Hall–Kier alpha value is -6.46. The molecule has 0 spiro atoms. The van der Waals surface area contributed by atoms with Crippen LogP contribution < -0.4 is 38.7 Å². The Morgan fingerprint density at radius 3 is 1.27 bits per heavy atom. The summed E-state index contributed by atoms with van der Waals surface area (Å²) in [6.45, 7) is 9.30. The van der Waals surface area contributed by atoms with Crippen LogP contribution in [0.4, 0.5) is 0 Å². The van der Waals surface area contributed by atoms with E-state index in [1.54, 1.807) is 9.46 Å². The molecule has 308 valence electrons. The van der Waals surface area contributed by atoms with Crippen molar-refractivity contribution in [1.29, 1.82) is 0 Å². The van der Waals surface area contributed by atoms with Gasteiger partial charge in [-0.3, -0.25) is 9.68 Å². The highest BCUT2D eigenvalue weighted by molar-refractivity contribution is 6.28. The number of nitrogens with zero attached hydrogens (tertiary/aromatic N) is 2. The van der Waals surface area contributed by atoms with Crippen LogP contribution in [0.25, 0.3) is 0 Å². The molecule has 0 fully saturated rings. The van der Waals surface area contributed by atoms with E-state index in [1.165, 1.54) is 27.8 Å². The van der Waals surface area contributed by atoms with E-state index in [4.69, 9.17) is 23.8 Å². The Morgan fingerprint density at radius 2 is 0.900 bits per heavy atom. The van der Waals surface area contributed by atoms with Crippen LogP contribution in [0, 0.1) is 13.8 Å². The van der Waals surface area contributed by atoms with Crippen molar-refractivity contribution < 1.29 is 43.3 Å². The molecule has 0 saturated carbocycles. The molecule has 0 aliphatic carbocycles. The van der Waals surface area contributed by atoms with Crippen LogP contribution in [0.1, 0.15) is 54.5 Å². The first-order chi connectivity index (χ1) is 29.3. The minimum atomic E-state index is -2.23. The summed E-state index contributed by atoms with van der Waals surface area (Å²) in [5.74, 6) is 2.95. The summed E-state index contributed by atoms with van der Waals surface area (Å²) in [4.78, 5) is 10.9. The Balaban J connectivity index is 0.000000177. The lowest BCUT2D eigenvalue weighted by atomic mass is 9.67. The van der Waals surface area contributed by atoms with Crippen LogP contribution in [0.2, 0.25) is 0 Å². The average Bonchev–Trinajstić information content (AvgIpc) is 3.27. The third-order valence-corrected chi connectivity index (χ3v) is 9.29. The van der Waals surface area contributed by atoms with Gasteiger partial charge in [0.15, 0.2) is 13.2 Å². The number of aryl methyl sites for hydroxylation is 2. The number of rotatable bonds is 16. The fourth-order valence-electron chi connectivity index (χ4n) is 6.69. The first-order valence-electron chi connectivity index (χ1n) is 20.2. The largest absolute Gasteiger partial charge is 0.871 e. The van der Waals surface area contributed by atoms with Gasteiger partial charge < -0.3 is 24.2 Å². The summed E-state index contributed by atoms with van der Waals surface area (Å²) >= 11 is 0. The molecule has 0 N–H and O–H groups in total. The highest BCUT2D eigenvalue weighted by Gasteiger charge is 2.35. The Kier molecular flexibility index (Phi) is 17.7. The number of benzene rings is 5. The summed E-state index contributed by atoms with van der Waals surface area (Å²) in [6.07, 6.45) is 5.00. The SMILES string of the molecule is CCO[n+]1ccccc1Oc1cccc(C)c1.CCO[n+]1ccccc1Oc1cccc(C)c1.[O-]B([O-])OCCCC(c1ccccc1)(c1ccccc1)c1ccccc1. The molecule has 5 aromatic carbocycles. The molecule has 7 rings (SSSR count). The van der Waals surface area contributed by atoms with E-state index < -0.39 is 7.32 Å². The van der Waals surface area contributed by atoms with Gasteiger partial charge in [0.1, 0.15) is 11.5 Å². The van der Waals surface area contributed by atoms with Gasteiger partial charge in [-0.2, -0.15) is 0 Å². The fraction of sp³-hybridized carbons (Fsp3) is 0.200. The minimum absolute atomic E-state index is 0.159. The molecule has 0 aliphatic rings. The van der Waals surface area contributed by atoms with E-state index in [0.717, 1.165) is 17.9 Å². The highest BCUT2D eigenvalue weighted by atomic mass is 16.7. The molecule has 60 heavy (non-hydrogen) atoms. The molecule has 0 aliphatic heterocycles. The summed E-state index contributed by atoms with van der Waals surface area (Å²) in [7, 11) is -2.23. The second-order valence-electron chi connectivity index (χ2n) is 13.7. The number of aromatic nitrogens is 2. The normalized spacial score (nSPS) is 10.6. The summed E-state index contributed by atoms with van der Waals surface area (Å²) < 4.78 is 19.6. The third-order valence-electron chi connectivity index (χ3n) is 9.29. The van der Waals surface area contributed by atoms with E-state index >= 15 is 0 Å². The summed E-state index contributed by atoms with van der Waals surface area (Å²) in [5.41, 5.74) is 5.51. The second kappa shape index (κ2) is 23.8. The predicted molar refractivity (Wildman–Crippen MR) is 230 cm³/mol. The zero-order valence-electron chi connectivity index (χ0n) is 34.8. The van der Waals surface area contributed by atoms with E-state index in [0.29, 0.717) is 31.4 Å². The van der Waals surface area contributed by atoms with Crippen LogP contribution in [0.15, 0.2) is 188 Å². The fourth-order valence-corrected chi connectivity index (χ4v) is 6.69. The van der Waals surface area contributed by atoms with Gasteiger partial charge in [0.05, 0.1) is 19.5 Å². The quantitative estimate of drug-likeness (QED) is 0.0430. The smallest absolute Gasteiger partial charge is 0.422 e. The maximum atomic E-state index is 10.7. The van der Waals surface area contributed by atoms with Gasteiger partial charge in [0, 0.05) is 33.6 Å². The number of hydrogen-bond donors (Lipinski definition) is 0. The number of pyridine rings is 2. The maximum absolute atomic E-state index is 10.7. The molecule has 0 bridgehead atoms. The van der Waals surface area contributed by atoms with Crippen molar-refractivity contribution in [3.63, 3.8) is 0 Å². The van der Waals surface area contributed by atoms with Crippen molar-refractivity contribution in [2.24, 2.45) is 0 Å². The Labute approximate surface area is 354 Å². The molecule has 7 aromatic rings. The Morgan fingerprint density at radius 1 is 0.500 bits per heavy atom. The van der Waals surface area contributed by atoms with E-state index in [9.17, 15) is 10.0 Å². The monoisotopic (exact) mass is 804 g/mol. The molecule has 10 heteroatoms. The van der Waals surface area contributed by atoms with Crippen LogP contribution >= 0.6 is 0 Å². The molecule has 0 unspecified atom stereocenters. The minimum Gasteiger partial charge on any atom is -0.871 e. The topological polar surface area (TPSA) is 100 Å². The van der Waals surface area contributed by atoms with Crippen molar-refractivity contribution in [3.8, 4) is 23.3 Å². The zero-order valence-corrected chi connectivity index (χ0v) is 34.8. The van der Waals surface area contributed by atoms with Gasteiger partial charge in [-0.15, -0.1) is 0 Å². The molecule has 0 amide bonds. The molecule has 0 radical (unpaired) electrons. The number of ether oxygens (including phenoxy) is 2. The van der Waals surface area contributed by atoms with Gasteiger partial charge in [-0.1, -0.05) is 115 Å². The standard InChI is InChI=1S/C22H21BO3.2C14H16NO2/c24-23(25)26-18-10-17-22(19-11-4-1-5-12-19,20-13-6-2-7-14-20)21-15-8-3-9-16-21;2*1-3-16-15-10-5-4-9-14(15)17-13-8-6-7-12(2)11-13/h1-9,11-16H,10,17-18H2;2*4-11H,3H2,1-2H3/q-2;2*+1. The first-order valence-corrected chi connectivity index (χ1v) is 20.2. The van der Waals surface area contributed by atoms with Gasteiger partial charge in [-0.25, -0.2) is 0 Å². The third kappa shape index (κ3) is 13.3. The summed E-state index contributed by atoms with van der Waals surface area (Å²) in [5, 5.41) is 21.4. The molecular formula is C50H53BN2O7. The summed E-state index contributed by atoms with van der Waals surface area (Å²) in [6, 6.07) is 58.3. The van der Waals surface area contributed by atoms with E-state index in [-0.39, 0.29) is 12.0 Å². The molecule has 2 aromatic heterocycles. The van der Waals surface area contributed by atoms with Gasteiger partial charge in [0.2, 0.25) is 12.4 Å². The average molecular weight is 805 g/mol. The van der Waals surface area contributed by atoms with Crippen molar-refractivity contribution in [3.05, 3.63) is 216 Å². The van der Waals surface area contributed by atoms with Gasteiger partial charge >= 0.3 is 11.8 Å². The maximum Gasteiger partial charge on any atom is 0.422 e. The predicted octanol–water partition coefficient (Wildman–Crippen LogP) is 7.57. The van der Waals surface area contributed by atoms with Crippen LogP contribution in [0.3, 0.4) is 0 Å². The Bertz CT molecular complexity index is 2090. The molecule has 9 nitrogen and oxygen atoms in total. The lowest BCUT2D eigenvalue weighted by Gasteiger charge is -2.37. The molecule has 0 atom stereocenters. The van der Waals surface area contributed by atoms with Crippen LogP contribution in [0.5, 0.6) is 23.3 Å². The van der Waals surface area contributed by atoms with Crippen LogP contribution in [-0.4, -0.2) is 27.1 Å². The molecule has 2 heterocycles. The van der Waals surface area contributed by atoms with E-state index in [2.05, 4.69) is 36.4 Å². The highest BCUT2D eigenvalue weighted by Crippen LogP contribution is 2.43. The zero-order chi connectivity index (χ0) is 42.4. The van der Waals surface area contributed by atoms with Crippen molar-refractivity contribution in [2.45, 2.75) is 46.0 Å². The first kappa shape index (κ1) is 44.6. The molecule has 0 saturated heterocycles. The second-order valence-corrected chi connectivity index (χ2v) is 13.7. The lowest BCUT2D eigenvalue weighted by molar-refractivity contribution is -0.892. The lowest BCUT2D eigenvalue weighted by Crippen LogP contribution is -2.48. The van der Waals surface area contributed by atoms with Gasteiger partial charge in [0.25, 0.3) is 0 Å². The van der Waals surface area contributed by atoms with Crippen molar-refractivity contribution in [2.75, 3.05) is 19.8 Å². The van der Waals surface area contributed by atoms with Gasteiger partial charge in [-0.05, 0) is 105 Å². The van der Waals surface area contributed by atoms with Crippen LogP contribution in [-0.2, 0) is 10.1 Å². The molecular weight excluding hydrogens is 751 g/mol. The van der Waals surface area contributed by atoms with E-state index in [1.807, 2.05) is 180 Å².